The Morgan fingerprint density at radius 3 is 2.83 bits per heavy atom. The lowest BCUT2D eigenvalue weighted by Crippen LogP contribution is -2.17. The summed E-state index contributed by atoms with van der Waals surface area (Å²) in [4.78, 5) is 6.50. The standard InChI is InChI=1S/C16H19N5OS/c1-20(11-16-18-15(12-23-2)19-22-16)9-13-8-17-21(10-13)14-6-4-3-5-7-14/h3-8,10H,9,11-12H2,1-2H3. The normalized spacial score (nSPS) is 11.3. The van der Waals surface area contributed by atoms with Gasteiger partial charge in [-0.1, -0.05) is 23.4 Å². The van der Waals surface area contributed by atoms with E-state index in [4.69, 9.17) is 4.52 Å². The molecule has 3 rings (SSSR count). The summed E-state index contributed by atoms with van der Waals surface area (Å²) in [6, 6.07) is 10.1. The zero-order valence-corrected chi connectivity index (χ0v) is 14.0. The van der Waals surface area contributed by atoms with Crippen molar-refractivity contribution in [1.82, 2.24) is 24.8 Å². The van der Waals surface area contributed by atoms with Crippen molar-refractivity contribution in [2.45, 2.75) is 18.8 Å². The van der Waals surface area contributed by atoms with Gasteiger partial charge in [0.25, 0.3) is 0 Å². The topological polar surface area (TPSA) is 60.0 Å². The van der Waals surface area contributed by atoms with Gasteiger partial charge in [-0.05, 0) is 25.4 Å². The number of para-hydroxylation sites is 1. The molecule has 0 saturated carbocycles. The van der Waals surface area contributed by atoms with Crippen LogP contribution in [-0.2, 0) is 18.8 Å². The molecule has 0 aliphatic rings. The maximum Gasteiger partial charge on any atom is 0.240 e. The van der Waals surface area contributed by atoms with E-state index < -0.39 is 0 Å². The second kappa shape index (κ2) is 7.43. The molecule has 0 aliphatic heterocycles. The van der Waals surface area contributed by atoms with Gasteiger partial charge in [0.2, 0.25) is 5.89 Å². The van der Waals surface area contributed by atoms with Crippen molar-refractivity contribution in [3.63, 3.8) is 0 Å². The summed E-state index contributed by atoms with van der Waals surface area (Å²) in [6.45, 7) is 1.39. The van der Waals surface area contributed by atoms with Crippen LogP contribution in [0.3, 0.4) is 0 Å². The molecule has 6 nitrogen and oxygen atoms in total. The smallest absolute Gasteiger partial charge is 0.240 e. The summed E-state index contributed by atoms with van der Waals surface area (Å²) in [5, 5.41) is 8.37. The maximum atomic E-state index is 5.26. The third kappa shape index (κ3) is 4.20. The Kier molecular flexibility index (Phi) is 5.09. The molecule has 0 bridgehead atoms. The van der Waals surface area contributed by atoms with E-state index in [9.17, 15) is 0 Å². The number of hydrogen-bond donors (Lipinski definition) is 0. The minimum atomic E-state index is 0.623. The van der Waals surface area contributed by atoms with E-state index in [1.165, 1.54) is 0 Å². The van der Waals surface area contributed by atoms with Crippen LogP contribution < -0.4 is 0 Å². The van der Waals surface area contributed by atoms with Crippen LogP contribution in [0.25, 0.3) is 5.69 Å². The molecule has 0 fully saturated rings. The number of aromatic nitrogens is 4. The van der Waals surface area contributed by atoms with Gasteiger partial charge < -0.3 is 4.52 Å². The van der Waals surface area contributed by atoms with E-state index in [-0.39, 0.29) is 0 Å². The lowest BCUT2D eigenvalue weighted by atomic mass is 10.3. The third-order valence-electron chi connectivity index (χ3n) is 3.30. The molecule has 1 aromatic carbocycles. The van der Waals surface area contributed by atoms with Gasteiger partial charge in [-0.3, -0.25) is 4.90 Å². The summed E-state index contributed by atoms with van der Waals surface area (Å²) in [7, 11) is 2.03. The predicted octanol–water partition coefficient (Wildman–Crippen LogP) is 2.75. The Hall–Kier alpha value is -2.12. The zero-order valence-electron chi connectivity index (χ0n) is 13.2. The molecule has 0 amide bonds. The summed E-state index contributed by atoms with van der Waals surface area (Å²) in [6.07, 6.45) is 5.95. The minimum absolute atomic E-state index is 0.623. The van der Waals surface area contributed by atoms with Crippen LogP contribution in [0.1, 0.15) is 17.3 Å². The summed E-state index contributed by atoms with van der Waals surface area (Å²) >= 11 is 1.68. The molecule has 0 atom stereocenters. The van der Waals surface area contributed by atoms with Crippen LogP contribution in [0.5, 0.6) is 0 Å². The average molecular weight is 329 g/mol. The predicted molar refractivity (Wildman–Crippen MR) is 90.3 cm³/mol. The number of thioether (sulfide) groups is 1. The second-order valence-electron chi connectivity index (χ2n) is 5.34. The molecule has 3 aromatic rings. The zero-order chi connectivity index (χ0) is 16.1. The molecule has 120 valence electrons. The highest BCUT2D eigenvalue weighted by atomic mass is 32.2. The minimum Gasteiger partial charge on any atom is -0.338 e. The molecule has 7 heteroatoms. The van der Waals surface area contributed by atoms with E-state index in [0.717, 1.165) is 29.4 Å². The second-order valence-corrected chi connectivity index (χ2v) is 6.20. The fourth-order valence-corrected chi connectivity index (χ4v) is 2.68. The van der Waals surface area contributed by atoms with Crippen LogP contribution in [0.15, 0.2) is 47.2 Å². The Morgan fingerprint density at radius 1 is 1.22 bits per heavy atom. The highest BCUT2D eigenvalue weighted by Gasteiger charge is 2.10. The van der Waals surface area contributed by atoms with Gasteiger partial charge in [0, 0.05) is 18.3 Å². The van der Waals surface area contributed by atoms with Crippen LogP contribution in [0.2, 0.25) is 0 Å². The fraction of sp³-hybridized carbons (Fsp3) is 0.312. The molecule has 0 spiro atoms. The fourth-order valence-electron chi connectivity index (χ4n) is 2.30. The molecular weight excluding hydrogens is 310 g/mol. The highest BCUT2D eigenvalue weighted by Crippen LogP contribution is 2.11. The van der Waals surface area contributed by atoms with Crippen molar-refractivity contribution in [2.24, 2.45) is 0 Å². The molecule has 2 heterocycles. The van der Waals surface area contributed by atoms with Gasteiger partial charge in [-0.15, -0.1) is 0 Å². The molecular formula is C16H19N5OS. The van der Waals surface area contributed by atoms with E-state index in [1.807, 2.05) is 60.7 Å². The van der Waals surface area contributed by atoms with Gasteiger partial charge in [0.1, 0.15) is 0 Å². The molecule has 0 N–H and O–H groups in total. The van der Waals surface area contributed by atoms with Gasteiger partial charge in [0.15, 0.2) is 5.82 Å². The Bertz CT molecular complexity index is 740. The van der Waals surface area contributed by atoms with E-state index in [1.54, 1.807) is 11.8 Å². The molecule has 23 heavy (non-hydrogen) atoms. The molecule has 2 aromatic heterocycles. The largest absolute Gasteiger partial charge is 0.338 e. The van der Waals surface area contributed by atoms with Gasteiger partial charge in [-0.25, -0.2) is 4.68 Å². The quantitative estimate of drug-likeness (QED) is 0.664. The van der Waals surface area contributed by atoms with E-state index in [2.05, 4.69) is 20.1 Å². The monoisotopic (exact) mass is 329 g/mol. The van der Waals surface area contributed by atoms with Crippen molar-refractivity contribution in [1.29, 1.82) is 0 Å². The van der Waals surface area contributed by atoms with Gasteiger partial charge in [-0.2, -0.15) is 21.8 Å². The Labute approximate surface area is 139 Å². The van der Waals surface area contributed by atoms with Crippen molar-refractivity contribution < 1.29 is 4.52 Å². The highest BCUT2D eigenvalue weighted by molar-refractivity contribution is 7.97. The van der Waals surface area contributed by atoms with Crippen molar-refractivity contribution >= 4 is 11.8 Å². The van der Waals surface area contributed by atoms with Crippen molar-refractivity contribution in [3.8, 4) is 5.69 Å². The number of hydrogen-bond acceptors (Lipinski definition) is 6. The SMILES string of the molecule is CSCc1noc(CN(C)Cc2cnn(-c3ccccc3)c2)n1. The van der Waals surface area contributed by atoms with Crippen LogP contribution in [0, 0.1) is 0 Å². The number of nitrogens with zero attached hydrogens (tertiary/aromatic N) is 5. The van der Waals surface area contributed by atoms with E-state index >= 15 is 0 Å². The summed E-state index contributed by atoms with van der Waals surface area (Å²) < 4.78 is 7.14. The van der Waals surface area contributed by atoms with Crippen LogP contribution >= 0.6 is 11.8 Å². The first-order valence-corrected chi connectivity index (χ1v) is 8.72. The van der Waals surface area contributed by atoms with Gasteiger partial charge in [0.05, 0.1) is 24.2 Å². The Balaban J connectivity index is 1.59. The van der Waals surface area contributed by atoms with E-state index in [0.29, 0.717) is 12.4 Å². The van der Waals surface area contributed by atoms with Crippen LogP contribution in [0.4, 0.5) is 0 Å². The summed E-state index contributed by atoms with van der Waals surface area (Å²) in [5.41, 5.74) is 2.19. The molecule has 0 saturated heterocycles. The molecule has 0 aliphatic carbocycles. The van der Waals surface area contributed by atoms with Gasteiger partial charge >= 0.3 is 0 Å². The molecule has 0 unspecified atom stereocenters. The first kappa shape index (κ1) is 15.8. The van der Waals surface area contributed by atoms with Crippen LogP contribution in [-0.4, -0.2) is 38.1 Å². The first-order valence-electron chi connectivity index (χ1n) is 7.32. The number of rotatable bonds is 7. The first-order chi connectivity index (χ1) is 11.2. The average Bonchev–Trinajstić information content (AvgIpc) is 3.18. The third-order valence-corrected chi connectivity index (χ3v) is 3.84. The lowest BCUT2D eigenvalue weighted by molar-refractivity contribution is 0.260. The van der Waals surface area contributed by atoms with Crippen molar-refractivity contribution in [3.05, 3.63) is 60.0 Å². The maximum absolute atomic E-state index is 5.26. The summed E-state index contributed by atoms with van der Waals surface area (Å²) in [5.74, 6) is 2.17. The number of benzene rings is 1. The van der Waals surface area contributed by atoms with Crippen molar-refractivity contribution in [2.75, 3.05) is 13.3 Å². The Morgan fingerprint density at radius 2 is 2.04 bits per heavy atom. The molecule has 0 radical (unpaired) electrons. The lowest BCUT2D eigenvalue weighted by Gasteiger charge is -2.12.